The molecule has 0 fully saturated rings. The topological polar surface area (TPSA) is 46.6 Å². The summed E-state index contributed by atoms with van der Waals surface area (Å²) in [5, 5.41) is 0. The Morgan fingerprint density at radius 3 is 2.12 bits per heavy atom. The van der Waals surface area contributed by atoms with E-state index in [1.807, 2.05) is 0 Å². The van der Waals surface area contributed by atoms with E-state index in [1.165, 1.54) is 20.8 Å². The molecule has 0 bridgehead atoms. The fourth-order valence-corrected chi connectivity index (χ4v) is 0.997. The number of hydrogen-bond acceptors (Lipinski definition) is 3. The summed E-state index contributed by atoms with van der Waals surface area (Å²) in [5.74, 6) is -2.88. The highest BCUT2D eigenvalue weighted by atomic mass is 19.4. The van der Waals surface area contributed by atoms with Gasteiger partial charge in [-0.3, -0.25) is 9.59 Å². The minimum absolute atomic E-state index is 0.0605. The smallest absolute Gasteiger partial charge is 0.465 e. The van der Waals surface area contributed by atoms with Gasteiger partial charge in [0.15, 0.2) is 0 Å². The second kappa shape index (κ2) is 5.72. The van der Waals surface area contributed by atoms with Crippen LogP contribution in [0.5, 0.6) is 0 Å². The summed E-state index contributed by atoms with van der Waals surface area (Å²) in [6.07, 6.45) is -4.98. The molecule has 0 spiro atoms. The van der Waals surface area contributed by atoms with E-state index in [2.05, 4.69) is 4.74 Å². The summed E-state index contributed by atoms with van der Waals surface area (Å²) in [4.78, 5) is 22.4. The molecule has 0 aliphatic carbocycles. The summed E-state index contributed by atoms with van der Waals surface area (Å²) < 4.78 is 40.9. The molecule has 0 atom stereocenters. The Kier molecular flexibility index (Phi) is 5.26. The zero-order valence-corrected chi connectivity index (χ0v) is 9.30. The number of amides is 1. The Bertz CT molecular complexity index is 263. The fourth-order valence-electron chi connectivity index (χ4n) is 0.997. The van der Waals surface area contributed by atoms with Crippen LogP contribution in [0.25, 0.3) is 0 Å². The molecular weight excluding hydrogens is 227 g/mol. The lowest BCUT2D eigenvalue weighted by atomic mass is 10.3. The zero-order valence-electron chi connectivity index (χ0n) is 9.30. The molecule has 94 valence electrons. The number of nitrogens with zero attached hydrogens (tertiary/aromatic N) is 1. The third kappa shape index (κ3) is 4.50. The molecule has 0 radical (unpaired) electrons. The van der Waals surface area contributed by atoms with E-state index < -0.39 is 30.6 Å². The van der Waals surface area contributed by atoms with Crippen LogP contribution in [0.4, 0.5) is 13.2 Å². The molecule has 1 amide bonds. The van der Waals surface area contributed by atoms with Crippen molar-refractivity contribution in [1.29, 1.82) is 0 Å². The van der Waals surface area contributed by atoms with Gasteiger partial charge in [-0.05, 0) is 20.8 Å². The molecule has 7 heteroatoms. The molecular formula is C9H14F3NO3. The van der Waals surface area contributed by atoms with Crippen molar-refractivity contribution < 1.29 is 27.5 Å². The quantitative estimate of drug-likeness (QED) is 0.698. The van der Waals surface area contributed by atoms with E-state index in [1.54, 1.807) is 0 Å². The average molecular weight is 241 g/mol. The highest BCUT2D eigenvalue weighted by Crippen LogP contribution is 2.19. The van der Waals surface area contributed by atoms with Crippen molar-refractivity contribution >= 4 is 11.9 Å². The maximum atomic E-state index is 12.2. The number of esters is 1. The number of rotatable bonds is 4. The van der Waals surface area contributed by atoms with Gasteiger partial charge in [0.1, 0.15) is 6.54 Å². The van der Waals surface area contributed by atoms with E-state index in [0.29, 0.717) is 4.90 Å². The number of alkyl halides is 3. The number of halogens is 3. The van der Waals surface area contributed by atoms with Crippen LogP contribution in [-0.4, -0.2) is 42.1 Å². The normalized spacial score (nSPS) is 11.4. The lowest BCUT2D eigenvalue weighted by molar-refractivity contribution is -0.188. The molecule has 4 nitrogen and oxygen atoms in total. The molecule has 0 aliphatic rings. The zero-order chi connectivity index (χ0) is 12.9. The minimum atomic E-state index is -4.98. The highest BCUT2D eigenvalue weighted by molar-refractivity contribution is 5.86. The first-order chi connectivity index (χ1) is 7.20. The molecule has 0 N–H and O–H groups in total. The molecule has 0 aromatic rings. The molecule has 0 saturated carbocycles. The van der Waals surface area contributed by atoms with Crippen LogP contribution in [0, 0.1) is 0 Å². The van der Waals surface area contributed by atoms with Gasteiger partial charge in [-0.1, -0.05) is 0 Å². The van der Waals surface area contributed by atoms with Crippen molar-refractivity contribution in [3.8, 4) is 0 Å². The maximum Gasteiger partial charge on any atom is 0.471 e. The number of carbonyl (C=O) groups is 2. The van der Waals surface area contributed by atoms with E-state index in [4.69, 9.17) is 0 Å². The summed E-state index contributed by atoms with van der Waals surface area (Å²) in [5.41, 5.74) is 0. The summed E-state index contributed by atoms with van der Waals surface area (Å²) in [6.45, 7) is 3.68. The first-order valence-electron chi connectivity index (χ1n) is 4.73. The molecule has 0 aliphatic heterocycles. The van der Waals surface area contributed by atoms with Gasteiger partial charge in [0.2, 0.25) is 0 Å². The molecule has 0 rings (SSSR count). The van der Waals surface area contributed by atoms with Crippen LogP contribution in [0.2, 0.25) is 0 Å². The first kappa shape index (κ1) is 14.7. The summed E-state index contributed by atoms with van der Waals surface area (Å²) in [6, 6.07) is -0.724. The van der Waals surface area contributed by atoms with Gasteiger partial charge >= 0.3 is 18.1 Å². The van der Waals surface area contributed by atoms with Crippen molar-refractivity contribution in [3.05, 3.63) is 0 Å². The third-order valence-corrected chi connectivity index (χ3v) is 1.73. The summed E-state index contributed by atoms with van der Waals surface area (Å²) >= 11 is 0. The Morgan fingerprint density at radius 2 is 1.81 bits per heavy atom. The van der Waals surface area contributed by atoms with Crippen LogP contribution >= 0.6 is 0 Å². The first-order valence-corrected chi connectivity index (χ1v) is 4.73. The molecule has 0 aromatic carbocycles. The molecule has 16 heavy (non-hydrogen) atoms. The lowest BCUT2D eigenvalue weighted by Gasteiger charge is -2.26. The molecule has 0 aromatic heterocycles. The molecule has 0 unspecified atom stereocenters. The number of hydrogen-bond donors (Lipinski definition) is 0. The predicted molar refractivity (Wildman–Crippen MR) is 49.5 cm³/mol. The van der Waals surface area contributed by atoms with Crippen molar-refractivity contribution in [1.82, 2.24) is 4.90 Å². The van der Waals surface area contributed by atoms with Crippen LogP contribution in [-0.2, 0) is 14.3 Å². The SMILES string of the molecule is CCOC(=O)CN(C(=O)C(F)(F)F)C(C)C. The lowest BCUT2D eigenvalue weighted by Crippen LogP contribution is -2.47. The molecule has 0 saturated heterocycles. The maximum absolute atomic E-state index is 12.2. The van der Waals surface area contributed by atoms with Gasteiger partial charge in [0.05, 0.1) is 6.61 Å². The van der Waals surface area contributed by atoms with Crippen molar-refractivity contribution in [2.75, 3.05) is 13.2 Å². The Morgan fingerprint density at radius 1 is 1.31 bits per heavy atom. The van der Waals surface area contributed by atoms with E-state index in [0.717, 1.165) is 0 Å². The fraction of sp³-hybridized carbons (Fsp3) is 0.778. The Balaban J connectivity index is 4.64. The van der Waals surface area contributed by atoms with Crippen molar-refractivity contribution in [2.45, 2.75) is 33.0 Å². The van der Waals surface area contributed by atoms with Gasteiger partial charge in [-0.15, -0.1) is 0 Å². The van der Waals surface area contributed by atoms with Crippen molar-refractivity contribution in [2.24, 2.45) is 0 Å². The van der Waals surface area contributed by atoms with Gasteiger partial charge in [-0.2, -0.15) is 13.2 Å². The van der Waals surface area contributed by atoms with E-state index >= 15 is 0 Å². The third-order valence-electron chi connectivity index (χ3n) is 1.73. The monoisotopic (exact) mass is 241 g/mol. The van der Waals surface area contributed by atoms with Gasteiger partial charge in [0, 0.05) is 6.04 Å². The van der Waals surface area contributed by atoms with Crippen LogP contribution in [0.1, 0.15) is 20.8 Å². The second-order valence-corrected chi connectivity index (χ2v) is 3.33. The Hall–Kier alpha value is -1.27. The van der Waals surface area contributed by atoms with Crippen LogP contribution < -0.4 is 0 Å². The molecule has 0 heterocycles. The predicted octanol–water partition coefficient (Wildman–Crippen LogP) is 1.35. The summed E-state index contributed by atoms with van der Waals surface area (Å²) in [7, 11) is 0. The van der Waals surface area contributed by atoms with Crippen molar-refractivity contribution in [3.63, 3.8) is 0 Å². The van der Waals surface area contributed by atoms with E-state index in [9.17, 15) is 22.8 Å². The average Bonchev–Trinajstić information content (AvgIpc) is 2.11. The second-order valence-electron chi connectivity index (χ2n) is 3.33. The Labute approximate surface area is 91.4 Å². The van der Waals surface area contributed by atoms with Gasteiger partial charge < -0.3 is 9.64 Å². The number of ether oxygens (including phenoxy) is 1. The highest BCUT2D eigenvalue weighted by Gasteiger charge is 2.43. The standard InChI is InChI=1S/C9H14F3NO3/c1-4-16-7(14)5-13(6(2)3)8(15)9(10,11)12/h6H,4-5H2,1-3H3. The van der Waals surface area contributed by atoms with Crippen LogP contribution in [0.15, 0.2) is 0 Å². The number of carbonyl (C=O) groups excluding carboxylic acids is 2. The minimum Gasteiger partial charge on any atom is -0.465 e. The van der Waals surface area contributed by atoms with Gasteiger partial charge in [0.25, 0.3) is 0 Å². The largest absolute Gasteiger partial charge is 0.471 e. The van der Waals surface area contributed by atoms with Gasteiger partial charge in [-0.25, -0.2) is 0 Å². The van der Waals surface area contributed by atoms with Crippen LogP contribution in [0.3, 0.4) is 0 Å². The van der Waals surface area contributed by atoms with E-state index in [-0.39, 0.29) is 6.61 Å².